The van der Waals surface area contributed by atoms with Crippen molar-refractivity contribution >= 4 is 15.9 Å². The molecule has 0 spiro atoms. The maximum absolute atomic E-state index is 5.60. The molecule has 106 valence electrons. The molecule has 0 saturated heterocycles. The third-order valence-corrected chi connectivity index (χ3v) is 2.72. The molecule has 0 aliphatic rings. The van der Waals surface area contributed by atoms with E-state index in [1.54, 1.807) is 7.11 Å². The van der Waals surface area contributed by atoms with Crippen LogP contribution in [-0.4, -0.2) is 20.3 Å². The Balaban J connectivity index is 2.64. The van der Waals surface area contributed by atoms with E-state index in [-0.39, 0.29) is 0 Å². The summed E-state index contributed by atoms with van der Waals surface area (Å²) < 4.78 is 11.7. The third-order valence-electron chi connectivity index (χ3n) is 2.49. The van der Waals surface area contributed by atoms with Crippen LogP contribution in [0.25, 0.3) is 0 Å². The molecule has 0 amide bonds. The number of nitrogens with one attached hydrogen (secondary N) is 1. The zero-order chi connectivity index (χ0) is 14.3. The second kappa shape index (κ2) is 8.23. The van der Waals surface area contributed by atoms with Crippen molar-refractivity contribution in [2.45, 2.75) is 20.4 Å². The lowest BCUT2D eigenvalue weighted by Gasteiger charge is -2.13. The van der Waals surface area contributed by atoms with Crippen LogP contribution in [0.1, 0.15) is 19.4 Å². The molecule has 0 aliphatic carbocycles. The Hall–Kier alpha value is -1.00. The number of halogens is 1. The first-order chi connectivity index (χ1) is 9.02. The van der Waals surface area contributed by atoms with Gasteiger partial charge in [0.05, 0.1) is 7.11 Å². The molecule has 4 heteroatoms. The summed E-state index contributed by atoms with van der Waals surface area (Å²) in [7, 11) is 1.65. The molecule has 0 fully saturated rings. The van der Waals surface area contributed by atoms with Gasteiger partial charge in [0.25, 0.3) is 0 Å². The average Bonchev–Trinajstić information content (AvgIpc) is 2.36. The van der Waals surface area contributed by atoms with E-state index in [0.29, 0.717) is 12.5 Å². The maximum Gasteiger partial charge on any atom is 0.161 e. The molecule has 0 heterocycles. The van der Waals surface area contributed by atoms with E-state index in [9.17, 15) is 0 Å². The Morgan fingerprint density at radius 1 is 1.37 bits per heavy atom. The molecular formula is C15H22BrNO2. The SMILES string of the molecule is C=C(Br)COc1ccc(CNCC(C)C)cc1OC. The molecule has 0 atom stereocenters. The molecule has 1 aromatic carbocycles. The molecule has 3 nitrogen and oxygen atoms in total. The van der Waals surface area contributed by atoms with Crippen LogP contribution in [-0.2, 0) is 6.54 Å². The smallest absolute Gasteiger partial charge is 0.161 e. The summed E-state index contributed by atoms with van der Waals surface area (Å²) in [6.07, 6.45) is 0. The van der Waals surface area contributed by atoms with Crippen LogP contribution in [0.4, 0.5) is 0 Å². The van der Waals surface area contributed by atoms with Crippen molar-refractivity contribution in [2.24, 2.45) is 5.92 Å². The molecule has 1 aromatic rings. The van der Waals surface area contributed by atoms with Crippen molar-refractivity contribution in [1.82, 2.24) is 5.32 Å². The van der Waals surface area contributed by atoms with Crippen LogP contribution in [0, 0.1) is 5.92 Å². The predicted molar refractivity (Wildman–Crippen MR) is 83.1 cm³/mol. The van der Waals surface area contributed by atoms with E-state index in [2.05, 4.69) is 41.7 Å². The highest BCUT2D eigenvalue weighted by atomic mass is 79.9. The Labute approximate surface area is 124 Å². The molecule has 0 aliphatic heterocycles. The second-order valence-corrected chi connectivity index (χ2v) is 5.94. The van der Waals surface area contributed by atoms with E-state index < -0.39 is 0 Å². The highest BCUT2D eigenvalue weighted by molar-refractivity contribution is 9.11. The van der Waals surface area contributed by atoms with Crippen molar-refractivity contribution in [3.8, 4) is 11.5 Å². The van der Waals surface area contributed by atoms with Crippen LogP contribution in [0.5, 0.6) is 11.5 Å². The molecular weight excluding hydrogens is 306 g/mol. The van der Waals surface area contributed by atoms with Gasteiger partial charge in [-0.2, -0.15) is 0 Å². The fourth-order valence-corrected chi connectivity index (χ4v) is 1.72. The molecule has 0 saturated carbocycles. The van der Waals surface area contributed by atoms with Gasteiger partial charge in [0.15, 0.2) is 11.5 Å². The summed E-state index contributed by atoms with van der Waals surface area (Å²) in [6.45, 7) is 10.4. The molecule has 1 N–H and O–H groups in total. The van der Waals surface area contributed by atoms with E-state index in [4.69, 9.17) is 9.47 Å². The van der Waals surface area contributed by atoms with Crippen molar-refractivity contribution in [3.63, 3.8) is 0 Å². The van der Waals surface area contributed by atoms with E-state index >= 15 is 0 Å². The summed E-state index contributed by atoms with van der Waals surface area (Å²) in [5.74, 6) is 2.13. The fourth-order valence-electron chi connectivity index (χ4n) is 1.60. The van der Waals surface area contributed by atoms with Gasteiger partial charge in [-0.15, -0.1) is 0 Å². The summed E-state index contributed by atoms with van der Waals surface area (Å²) >= 11 is 3.27. The minimum atomic E-state index is 0.432. The zero-order valence-corrected chi connectivity index (χ0v) is 13.4. The van der Waals surface area contributed by atoms with E-state index in [0.717, 1.165) is 29.1 Å². The van der Waals surface area contributed by atoms with Crippen molar-refractivity contribution in [3.05, 3.63) is 34.8 Å². The lowest BCUT2D eigenvalue weighted by atomic mass is 10.2. The van der Waals surface area contributed by atoms with Gasteiger partial charge in [0, 0.05) is 11.0 Å². The van der Waals surface area contributed by atoms with Gasteiger partial charge in [-0.1, -0.05) is 42.4 Å². The number of rotatable bonds is 8. The predicted octanol–water partition coefficient (Wildman–Crippen LogP) is 3.73. The Morgan fingerprint density at radius 2 is 2.11 bits per heavy atom. The van der Waals surface area contributed by atoms with Crippen LogP contribution in [0.3, 0.4) is 0 Å². The molecule has 19 heavy (non-hydrogen) atoms. The largest absolute Gasteiger partial charge is 0.493 e. The van der Waals surface area contributed by atoms with Crippen molar-refractivity contribution in [1.29, 1.82) is 0 Å². The van der Waals surface area contributed by atoms with Gasteiger partial charge >= 0.3 is 0 Å². The standard InChI is InChI=1S/C15H22BrNO2/c1-11(2)8-17-9-13-5-6-14(15(7-13)18-4)19-10-12(3)16/h5-7,11,17H,3,8-10H2,1-2,4H3. The van der Waals surface area contributed by atoms with Gasteiger partial charge in [-0.05, 0) is 30.2 Å². The van der Waals surface area contributed by atoms with Crippen LogP contribution < -0.4 is 14.8 Å². The minimum absolute atomic E-state index is 0.432. The molecule has 0 unspecified atom stereocenters. The van der Waals surface area contributed by atoms with Gasteiger partial charge < -0.3 is 14.8 Å². The number of hydrogen-bond acceptors (Lipinski definition) is 3. The zero-order valence-electron chi connectivity index (χ0n) is 11.8. The van der Waals surface area contributed by atoms with Gasteiger partial charge in [0.2, 0.25) is 0 Å². The summed E-state index contributed by atoms with van der Waals surface area (Å²) in [5.41, 5.74) is 1.18. The minimum Gasteiger partial charge on any atom is -0.493 e. The van der Waals surface area contributed by atoms with Gasteiger partial charge in [-0.3, -0.25) is 0 Å². The number of ether oxygens (including phenoxy) is 2. The van der Waals surface area contributed by atoms with Crippen LogP contribution in [0.15, 0.2) is 29.3 Å². The van der Waals surface area contributed by atoms with Crippen LogP contribution >= 0.6 is 15.9 Å². The lowest BCUT2D eigenvalue weighted by Crippen LogP contribution is -2.18. The molecule has 0 aromatic heterocycles. The first-order valence-electron chi connectivity index (χ1n) is 6.36. The summed E-state index contributed by atoms with van der Waals surface area (Å²) in [6, 6.07) is 5.98. The monoisotopic (exact) mass is 327 g/mol. The normalized spacial score (nSPS) is 10.6. The number of methoxy groups -OCH3 is 1. The maximum atomic E-state index is 5.60. The van der Waals surface area contributed by atoms with E-state index in [1.807, 2.05) is 18.2 Å². The van der Waals surface area contributed by atoms with Gasteiger partial charge in [-0.25, -0.2) is 0 Å². The first-order valence-corrected chi connectivity index (χ1v) is 7.16. The Morgan fingerprint density at radius 3 is 2.68 bits per heavy atom. The van der Waals surface area contributed by atoms with Crippen LogP contribution in [0.2, 0.25) is 0 Å². The topological polar surface area (TPSA) is 30.5 Å². The highest BCUT2D eigenvalue weighted by Gasteiger charge is 2.06. The summed E-state index contributed by atoms with van der Waals surface area (Å²) in [4.78, 5) is 0. The van der Waals surface area contributed by atoms with Crippen molar-refractivity contribution in [2.75, 3.05) is 20.3 Å². The third kappa shape index (κ3) is 6.12. The molecule has 1 rings (SSSR count). The van der Waals surface area contributed by atoms with Crippen molar-refractivity contribution < 1.29 is 9.47 Å². The molecule has 0 bridgehead atoms. The molecule has 0 radical (unpaired) electrons. The average molecular weight is 328 g/mol. The quantitative estimate of drug-likeness (QED) is 0.789. The highest BCUT2D eigenvalue weighted by Crippen LogP contribution is 2.28. The van der Waals surface area contributed by atoms with E-state index in [1.165, 1.54) is 5.56 Å². The fraction of sp³-hybridized carbons (Fsp3) is 0.467. The Bertz CT molecular complexity index is 419. The number of benzene rings is 1. The first kappa shape index (κ1) is 16.1. The number of hydrogen-bond donors (Lipinski definition) is 1. The van der Waals surface area contributed by atoms with Gasteiger partial charge in [0.1, 0.15) is 6.61 Å². The lowest BCUT2D eigenvalue weighted by molar-refractivity contribution is 0.324. The second-order valence-electron chi connectivity index (χ2n) is 4.82. The summed E-state index contributed by atoms with van der Waals surface area (Å²) in [5, 5.41) is 3.40. The Kier molecular flexibility index (Phi) is 6.95.